The van der Waals surface area contributed by atoms with E-state index in [-0.39, 0.29) is 10.7 Å². The highest BCUT2D eigenvalue weighted by Crippen LogP contribution is 2.19. The Morgan fingerprint density at radius 2 is 2.00 bits per heavy atom. The molecule has 0 aliphatic heterocycles. The van der Waals surface area contributed by atoms with Crippen LogP contribution in [0.5, 0.6) is 0 Å². The van der Waals surface area contributed by atoms with Crippen molar-refractivity contribution in [1.82, 2.24) is 9.97 Å². The van der Waals surface area contributed by atoms with Crippen molar-refractivity contribution < 1.29 is 8.42 Å². The van der Waals surface area contributed by atoms with Crippen molar-refractivity contribution in [3.05, 3.63) is 40.8 Å². The number of hydrogen-bond acceptors (Lipinski definition) is 5. The highest BCUT2D eigenvalue weighted by atomic mass is 79.9. The molecule has 6 nitrogen and oxygen atoms in total. The Hall–Kier alpha value is -1.67. The van der Waals surface area contributed by atoms with Gasteiger partial charge in [-0.05, 0) is 40.5 Å². The fourth-order valence-corrected chi connectivity index (χ4v) is 2.58. The maximum atomic E-state index is 12.1. The zero-order valence-corrected chi connectivity index (χ0v) is 12.4. The quantitative estimate of drug-likeness (QED) is 0.830. The van der Waals surface area contributed by atoms with Crippen LogP contribution in [0.25, 0.3) is 0 Å². The van der Waals surface area contributed by atoms with Crippen molar-refractivity contribution >= 4 is 37.5 Å². The van der Waals surface area contributed by atoms with Crippen LogP contribution in [0.2, 0.25) is 0 Å². The molecule has 2 aromatic rings. The fraction of sp³-hybridized carbons (Fsp3) is 0.0909. The molecule has 8 heteroatoms. The van der Waals surface area contributed by atoms with E-state index < -0.39 is 10.0 Å². The van der Waals surface area contributed by atoms with Gasteiger partial charge in [0.15, 0.2) is 5.82 Å². The van der Waals surface area contributed by atoms with Gasteiger partial charge in [0.25, 0.3) is 10.0 Å². The van der Waals surface area contributed by atoms with Crippen molar-refractivity contribution in [2.24, 2.45) is 0 Å². The normalized spacial score (nSPS) is 11.3. The van der Waals surface area contributed by atoms with E-state index in [1.54, 1.807) is 13.0 Å². The van der Waals surface area contributed by atoms with Gasteiger partial charge in [0.05, 0.1) is 17.3 Å². The summed E-state index contributed by atoms with van der Waals surface area (Å²) in [6.45, 7) is 1.80. The first kappa shape index (κ1) is 13.8. The summed E-state index contributed by atoms with van der Waals surface area (Å²) in [6.07, 6.45) is 2.72. The molecule has 0 aliphatic carbocycles. The largest absolute Gasteiger partial charge is 0.398 e. The number of rotatable bonds is 3. The third-order valence-electron chi connectivity index (χ3n) is 2.42. The minimum absolute atomic E-state index is 0.0836. The van der Waals surface area contributed by atoms with E-state index in [9.17, 15) is 8.42 Å². The van der Waals surface area contributed by atoms with Gasteiger partial charge >= 0.3 is 0 Å². The van der Waals surface area contributed by atoms with Gasteiger partial charge in [0, 0.05) is 5.69 Å². The summed E-state index contributed by atoms with van der Waals surface area (Å²) in [7, 11) is -3.71. The van der Waals surface area contributed by atoms with Gasteiger partial charge < -0.3 is 5.73 Å². The molecule has 0 amide bonds. The van der Waals surface area contributed by atoms with Crippen LogP contribution in [-0.2, 0) is 10.0 Å². The van der Waals surface area contributed by atoms with Gasteiger partial charge in [-0.2, -0.15) is 0 Å². The molecule has 0 saturated heterocycles. The SMILES string of the molecule is Cc1ccc(S(=O)(=O)Nc2cnc(Br)cn2)cc1N. The van der Waals surface area contributed by atoms with Crippen LogP contribution in [0.3, 0.4) is 0 Å². The molecule has 1 aromatic heterocycles. The van der Waals surface area contributed by atoms with Gasteiger partial charge in [-0.3, -0.25) is 4.72 Å². The molecule has 0 unspecified atom stereocenters. The van der Waals surface area contributed by atoms with E-state index in [0.717, 1.165) is 5.56 Å². The Morgan fingerprint density at radius 3 is 2.58 bits per heavy atom. The molecular formula is C11H11BrN4O2S. The number of aryl methyl sites for hydroxylation is 1. The Bertz CT molecular complexity index is 701. The molecule has 3 N–H and O–H groups in total. The lowest BCUT2D eigenvalue weighted by Gasteiger charge is -2.08. The molecule has 1 heterocycles. The molecule has 0 saturated carbocycles. The minimum atomic E-state index is -3.71. The maximum absolute atomic E-state index is 12.1. The smallest absolute Gasteiger partial charge is 0.263 e. The molecule has 0 aliphatic rings. The number of benzene rings is 1. The van der Waals surface area contributed by atoms with Gasteiger partial charge in [0.1, 0.15) is 4.60 Å². The van der Waals surface area contributed by atoms with Crippen LogP contribution >= 0.6 is 15.9 Å². The monoisotopic (exact) mass is 342 g/mol. The van der Waals surface area contributed by atoms with Gasteiger partial charge in [-0.25, -0.2) is 18.4 Å². The summed E-state index contributed by atoms with van der Waals surface area (Å²) in [4.78, 5) is 7.87. The Kier molecular flexibility index (Phi) is 3.72. The molecule has 19 heavy (non-hydrogen) atoms. The number of hydrogen-bond donors (Lipinski definition) is 2. The lowest BCUT2D eigenvalue weighted by atomic mass is 10.2. The van der Waals surface area contributed by atoms with E-state index in [1.165, 1.54) is 24.5 Å². The third-order valence-corrected chi connectivity index (χ3v) is 4.18. The number of nitrogens with one attached hydrogen (secondary N) is 1. The van der Waals surface area contributed by atoms with E-state index in [0.29, 0.717) is 10.3 Å². The second kappa shape index (κ2) is 5.14. The summed E-state index contributed by atoms with van der Waals surface area (Å²) in [5.41, 5.74) is 6.95. The minimum Gasteiger partial charge on any atom is -0.398 e. The molecule has 2 rings (SSSR count). The molecular weight excluding hydrogens is 332 g/mol. The lowest BCUT2D eigenvalue weighted by molar-refractivity contribution is 0.601. The Balaban J connectivity index is 2.32. The summed E-state index contributed by atoms with van der Waals surface area (Å²) in [6, 6.07) is 4.54. The summed E-state index contributed by atoms with van der Waals surface area (Å²) in [5, 5.41) is 0. The van der Waals surface area contributed by atoms with E-state index in [4.69, 9.17) is 5.73 Å². The number of nitrogen functional groups attached to an aromatic ring is 1. The van der Waals surface area contributed by atoms with Crippen molar-refractivity contribution in [3.63, 3.8) is 0 Å². The number of nitrogens with zero attached hydrogens (tertiary/aromatic N) is 2. The summed E-state index contributed by atoms with van der Waals surface area (Å²) < 4.78 is 27.1. The molecule has 1 aromatic carbocycles. The third kappa shape index (κ3) is 3.21. The Morgan fingerprint density at radius 1 is 1.26 bits per heavy atom. The second-order valence-electron chi connectivity index (χ2n) is 3.85. The molecule has 0 bridgehead atoms. The molecule has 0 atom stereocenters. The van der Waals surface area contributed by atoms with Gasteiger partial charge in [0.2, 0.25) is 0 Å². The van der Waals surface area contributed by atoms with E-state index >= 15 is 0 Å². The van der Waals surface area contributed by atoms with Crippen LogP contribution in [0.4, 0.5) is 11.5 Å². The van der Waals surface area contributed by atoms with Gasteiger partial charge in [-0.15, -0.1) is 0 Å². The van der Waals surface area contributed by atoms with Crippen molar-refractivity contribution in [1.29, 1.82) is 0 Å². The second-order valence-corrected chi connectivity index (χ2v) is 6.34. The topological polar surface area (TPSA) is 98.0 Å². The number of anilines is 2. The first-order chi connectivity index (χ1) is 8.88. The van der Waals surface area contributed by atoms with E-state index in [1.807, 2.05) is 0 Å². The zero-order valence-electron chi connectivity index (χ0n) is 9.96. The molecule has 0 spiro atoms. The van der Waals surface area contributed by atoms with Crippen LogP contribution in [-0.4, -0.2) is 18.4 Å². The summed E-state index contributed by atoms with van der Waals surface area (Å²) >= 11 is 3.12. The number of nitrogens with two attached hydrogens (primary N) is 1. The molecule has 0 radical (unpaired) electrons. The van der Waals surface area contributed by atoms with Crippen LogP contribution < -0.4 is 10.5 Å². The highest BCUT2D eigenvalue weighted by molar-refractivity contribution is 9.10. The fourth-order valence-electron chi connectivity index (χ4n) is 1.35. The van der Waals surface area contributed by atoms with Crippen molar-refractivity contribution in [2.75, 3.05) is 10.5 Å². The van der Waals surface area contributed by atoms with Crippen LogP contribution in [0.15, 0.2) is 40.1 Å². The highest BCUT2D eigenvalue weighted by Gasteiger charge is 2.15. The lowest BCUT2D eigenvalue weighted by Crippen LogP contribution is -2.14. The first-order valence-corrected chi connectivity index (χ1v) is 7.52. The average molecular weight is 343 g/mol. The average Bonchev–Trinajstić information content (AvgIpc) is 2.35. The number of sulfonamides is 1. The number of aromatic nitrogens is 2. The molecule has 0 fully saturated rings. The first-order valence-electron chi connectivity index (χ1n) is 5.25. The number of halogens is 1. The zero-order chi connectivity index (χ0) is 14.0. The van der Waals surface area contributed by atoms with Crippen molar-refractivity contribution in [3.8, 4) is 0 Å². The standard InChI is InChI=1S/C11H11BrN4O2S/c1-7-2-3-8(4-9(7)13)19(17,18)16-11-6-14-10(12)5-15-11/h2-6H,13H2,1H3,(H,15,16). The van der Waals surface area contributed by atoms with Gasteiger partial charge in [-0.1, -0.05) is 6.07 Å². The van der Waals surface area contributed by atoms with Crippen LogP contribution in [0.1, 0.15) is 5.56 Å². The predicted octanol–water partition coefficient (Wildman–Crippen LogP) is 1.93. The predicted molar refractivity (Wildman–Crippen MR) is 76.1 cm³/mol. The van der Waals surface area contributed by atoms with E-state index in [2.05, 4.69) is 30.6 Å². The Labute approximate surface area is 119 Å². The maximum Gasteiger partial charge on any atom is 0.263 e. The van der Waals surface area contributed by atoms with Crippen LogP contribution in [0, 0.1) is 6.92 Å². The summed E-state index contributed by atoms with van der Waals surface area (Å²) in [5.74, 6) is 0.141. The molecule has 100 valence electrons. The van der Waals surface area contributed by atoms with Crippen molar-refractivity contribution in [2.45, 2.75) is 11.8 Å².